The van der Waals surface area contributed by atoms with Crippen LogP contribution in [0.25, 0.3) is 0 Å². The monoisotopic (exact) mass is 615 g/mol. The Morgan fingerprint density at radius 3 is 2.12 bits per heavy atom. The second-order valence-electron chi connectivity index (χ2n) is 10.4. The maximum absolute atomic E-state index is 14.1. The number of amides is 2. The van der Waals surface area contributed by atoms with Crippen molar-refractivity contribution in [1.82, 2.24) is 10.2 Å². The van der Waals surface area contributed by atoms with E-state index in [0.717, 1.165) is 42.0 Å². The minimum absolute atomic E-state index is 0.0438. The minimum Gasteiger partial charge on any atom is -0.352 e. The molecule has 3 aromatic rings. The molecule has 41 heavy (non-hydrogen) atoms. The Balaban J connectivity index is 1.69. The van der Waals surface area contributed by atoms with Crippen LogP contribution in [0, 0.1) is 6.92 Å². The topological polar surface area (TPSA) is 86.8 Å². The fourth-order valence-electron chi connectivity index (χ4n) is 4.97. The molecule has 0 aromatic heterocycles. The Morgan fingerprint density at radius 2 is 1.51 bits per heavy atom. The molecule has 0 radical (unpaired) electrons. The van der Waals surface area contributed by atoms with Gasteiger partial charge in [-0.1, -0.05) is 84.4 Å². The smallest absolute Gasteiger partial charge is 0.264 e. The first-order valence-electron chi connectivity index (χ1n) is 13.7. The van der Waals surface area contributed by atoms with E-state index in [0.29, 0.717) is 21.3 Å². The molecule has 0 spiro atoms. The standard InChI is InChI=1S/C31H35Cl2N3O4S/c1-22-16-18-26(19-17-22)41(39,40)36(25-12-7-4-8-13-25)21-30(37)35(20-27-28(32)14-9-15-29(27)33)23(2)31(38)34-24-10-5-3-6-11-24/h4,7-9,12-19,23-24H,3,5-6,10-11,20-21H2,1-2H3,(H,34,38)/t23-/m1/s1. The van der Waals surface area contributed by atoms with Gasteiger partial charge in [-0.15, -0.1) is 0 Å². The van der Waals surface area contributed by atoms with Gasteiger partial charge >= 0.3 is 0 Å². The average molecular weight is 617 g/mol. The molecular formula is C31H35Cl2N3O4S. The summed E-state index contributed by atoms with van der Waals surface area (Å²) in [6.07, 6.45) is 5.00. The average Bonchev–Trinajstić information content (AvgIpc) is 2.96. The second kappa shape index (κ2) is 13.7. The van der Waals surface area contributed by atoms with E-state index in [2.05, 4.69) is 5.32 Å². The molecule has 0 unspecified atom stereocenters. The Bertz CT molecular complexity index is 1440. The predicted octanol–water partition coefficient (Wildman–Crippen LogP) is 6.36. The summed E-state index contributed by atoms with van der Waals surface area (Å²) in [7, 11) is -4.12. The van der Waals surface area contributed by atoms with Crippen LogP contribution in [0.2, 0.25) is 10.0 Å². The molecule has 7 nitrogen and oxygen atoms in total. The summed E-state index contributed by atoms with van der Waals surface area (Å²) in [5.41, 5.74) is 1.72. The van der Waals surface area contributed by atoms with E-state index in [1.807, 2.05) is 6.92 Å². The zero-order chi connectivity index (χ0) is 29.6. The molecule has 10 heteroatoms. The van der Waals surface area contributed by atoms with Crippen LogP contribution in [0.3, 0.4) is 0 Å². The third kappa shape index (κ3) is 7.61. The van der Waals surface area contributed by atoms with Gasteiger partial charge in [0.1, 0.15) is 12.6 Å². The van der Waals surface area contributed by atoms with Crippen LogP contribution in [-0.2, 0) is 26.2 Å². The highest BCUT2D eigenvalue weighted by molar-refractivity contribution is 7.92. The molecule has 0 bridgehead atoms. The molecule has 218 valence electrons. The Labute approximate surface area is 252 Å². The molecule has 0 aliphatic heterocycles. The van der Waals surface area contributed by atoms with Crippen LogP contribution in [0.5, 0.6) is 0 Å². The minimum atomic E-state index is -4.12. The zero-order valence-corrected chi connectivity index (χ0v) is 25.6. The summed E-state index contributed by atoms with van der Waals surface area (Å²) < 4.78 is 28.8. The number of anilines is 1. The lowest BCUT2D eigenvalue weighted by atomic mass is 9.95. The molecule has 0 heterocycles. The van der Waals surface area contributed by atoms with Crippen molar-refractivity contribution in [3.8, 4) is 0 Å². The first kappa shape index (κ1) is 30.9. The first-order chi connectivity index (χ1) is 19.6. The fourth-order valence-corrected chi connectivity index (χ4v) is 6.90. The molecular weight excluding hydrogens is 581 g/mol. The van der Waals surface area contributed by atoms with E-state index in [1.165, 1.54) is 17.0 Å². The van der Waals surface area contributed by atoms with Crippen molar-refractivity contribution in [2.24, 2.45) is 0 Å². The van der Waals surface area contributed by atoms with E-state index in [1.54, 1.807) is 67.6 Å². The molecule has 3 aromatic carbocycles. The summed E-state index contributed by atoms with van der Waals surface area (Å²) >= 11 is 12.9. The SMILES string of the molecule is Cc1ccc(S(=O)(=O)N(CC(=O)N(Cc2c(Cl)cccc2Cl)[C@H](C)C(=O)NC2CCCCC2)c2ccccc2)cc1. The van der Waals surface area contributed by atoms with Gasteiger partial charge in [0.25, 0.3) is 10.0 Å². The number of para-hydroxylation sites is 1. The number of hydrogen-bond acceptors (Lipinski definition) is 4. The summed E-state index contributed by atoms with van der Waals surface area (Å²) in [4.78, 5) is 28.9. The molecule has 1 saturated carbocycles. The quantitative estimate of drug-likeness (QED) is 0.287. The first-order valence-corrected chi connectivity index (χ1v) is 15.9. The molecule has 2 amide bonds. The van der Waals surface area contributed by atoms with E-state index in [9.17, 15) is 18.0 Å². The lowest BCUT2D eigenvalue weighted by molar-refractivity contribution is -0.139. The van der Waals surface area contributed by atoms with Crippen molar-refractivity contribution in [1.29, 1.82) is 0 Å². The van der Waals surface area contributed by atoms with Crippen LogP contribution < -0.4 is 9.62 Å². The van der Waals surface area contributed by atoms with Gasteiger partial charge in [0, 0.05) is 28.2 Å². The molecule has 1 aliphatic rings. The third-order valence-corrected chi connectivity index (χ3v) is 9.94. The van der Waals surface area contributed by atoms with Gasteiger partial charge in [-0.25, -0.2) is 8.42 Å². The summed E-state index contributed by atoms with van der Waals surface area (Å²) in [6.45, 7) is 2.92. The molecule has 0 saturated heterocycles. The maximum atomic E-state index is 14.1. The van der Waals surface area contributed by atoms with Crippen molar-refractivity contribution in [2.45, 2.75) is 69.5 Å². The molecule has 1 atom stereocenters. The van der Waals surface area contributed by atoms with Crippen LogP contribution in [0.4, 0.5) is 5.69 Å². The lowest BCUT2D eigenvalue weighted by Crippen LogP contribution is -2.53. The van der Waals surface area contributed by atoms with Gasteiger partial charge in [-0.2, -0.15) is 0 Å². The van der Waals surface area contributed by atoms with Gasteiger partial charge in [0.05, 0.1) is 10.6 Å². The maximum Gasteiger partial charge on any atom is 0.264 e. The van der Waals surface area contributed by atoms with Gasteiger partial charge in [0.2, 0.25) is 11.8 Å². The largest absolute Gasteiger partial charge is 0.352 e. The van der Waals surface area contributed by atoms with Crippen LogP contribution in [0.1, 0.15) is 50.2 Å². The number of benzene rings is 3. The van der Waals surface area contributed by atoms with E-state index < -0.39 is 28.5 Å². The van der Waals surface area contributed by atoms with Gasteiger partial charge in [-0.05, 0) is 63.1 Å². The third-order valence-electron chi connectivity index (χ3n) is 7.44. The fraction of sp³-hybridized carbons (Fsp3) is 0.355. The summed E-state index contributed by atoms with van der Waals surface area (Å²) in [5, 5.41) is 3.78. The van der Waals surface area contributed by atoms with Crippen molar-refractivity contribution < 1.29 is 18.0 Å². The number of halogens is 2. The van der Waals surface area contributed by atoms with Crippen molar-refractivity contribution in [2.75, 3.05) is 10.8 Å². The molecule has 1 fully saturated rings. The Morgan fingerprint density at radius 1 is 0.902 bits per heavy atom. The Kier molecular flexibility index (Phi) is 10.3. The summed E-state index contributed by atoms with van der Waals surface area (Å²) in [6, 6.07) is 19.1. The van der Waals surface area contributed by atoms with Crippen molar-refractivity contribution in [3.05, 3.63) is 94.0 Å². The number of aryl methyl sites for hydroxylation is 1. The van der Waals surface area contributed by atoms with Gasteiger partial charge in [0.15, 0.2) is 0 Å². The van der Waals surface area contributed by atoms with Crippen LogP contribution in [-0.4, -0.2) is 43.8 Å². The highest BCUT2D eigenvalue weighted by Crippen LogP contribution is 2.28. The van der Waals surface area contributed by atoms with E-state index in [-0.39, 0.29) is 23.4 Å². The lowest BCUT2D eigenvalue weighted by Gasteiger charge is -2.33. The highest BCUT2D eigenvalue weighted by Gasteiger charge is 2.33. The van der Waals surface area contributed by atoms with E-state index in [4.69, 9.17) is 23.2 Å². The zero-order valence-electron chi connectivity index (χ0n) is 23.2. The highest BCUT2D eigenvalue weighted by atomic mass is 35.5. The number of sulfonamides is 1. The number of hydrogen-bond donors (Lipinski definition) is 1. The van der Waals surface area contributed by atoms with Gasteiger partial charge < -0.3 is 10.2 Å². The normalized spacial score (nSPS) is 14.7. The van der Waals surface area contributed by atoms with Gasteiger partial charge in [-0.3, -0.25) is 13.9 Å². The van der Waals surface area contributed by atoms with Crippen molar-refractivity contribution >= 4 is 50.7 Å². The number of rotatable bonds is 10. The molecule has 1 N–H and O–H groups in total. The number of nitrogens with zero attached hydrogens (tertiary/aromatic N) is 2. The second-order valence-corrected chi connectivity index (χ2v) is 13.1. The number of nitrogens with one attached hydrogen (secondary N) is 1. The Hall–Kier alpha value is -3.07. The van der Waals surface area contributed by atoms with Crippen LogP contribution >= 0.6 is 23.2 Å². The number of carbonyl (C=O) groups excluding carboxylic acids is 2. The van der Waals surface area contributed by atoms with Crippen molar-refractivity contribution in [3.63, 3.8) is 0 Å². The molecule has 1 aliphatic carbocycles. The summed E-state index contributed by atoms with van der Waals surface area (Å²) in [5.74, 6) is -0.868. The van der Waals surface area contributed by atoms with E-state index >= 15 is 0 Å². The molecule has 4 rings (SSSR count). The predicted molar refractivity (Wildman–Crippen MR) is 164 cm³/mol. The number of carbonyl (C=O) groups is 2. The van der Waals surface area contributed by atoms with Crippen LogP contribution in [0.15, 0.2) is 77.7 Å².